The van der Waals surface area contributed by atoms with Crippen molar-refractivity contribution >= 4 is 10.2 Å². The van der Waals surface area contributed by atoms with Crippen LogP contribution in [0.1, 0.15) is 63.0 Å². The molecule has 4 rings (SSSR count). The fourth-order valence-corrected chi connectivity index (χ4v) is 6.65. The first-order valence-corrected chi connectivity index (χ1v) is 10.9. The predicted octanol–water partition coefficient (Wildman–Crippen LogP) is 3.86. The fourth-order valence-electron chi connectivity index (χ4n) is 4.83. The Balaban J connectivity index is 1.45. The van der Waals surface area contributed by atoms with E-state index in [-0.39, 0.29) is 11.9 Å². The van der Waals surface area contributed by atoms with Gasteiger partial charge in [-0.05, 0) is 55.2 Å². The SMILES string of the molecule is O=S(=O)(N1CCC2(CCCCC2)CC1)N1CCC1c1cccc(F)c1. The van der Waals surface area contributed by atoms with Gasteiger partial charge in [0.05, 0.1) is 6.04 Å². The molecule has 1 aliphatic carbocycles. The van der Waals surface area contributed by atoms with Crippen molar-refractivity contribution in [1.29, 1.82) is 0 Å². The fraction of sp³-hybridized carbons (Fsp3) is 0.684. The summed E-state index contributed by atoms with van der Waals surface area (Å²) in [7, 11) is -3.45. The summed E-state index contributed by atoms with van der Waals surface area (Å²) < 4.78 is 42.8. The third kappa shape index (κ3) is 3.24. The van der Waals surface area contributed by atoms with Gasteiger partial charge in [0, 0.05) is 19.6 Å². The van der Waals surface area contributed by atoms with Crippen molar-refractivity contribution in [2.24, 2.45) is 5.41 Å². The molecule has 1 aromatic carbocycles. The minimum Gasteiger partial charge on any atom is -0.207 e. The summed E-state index contributed by atoms with van der Waals surface area (Å²) in [6.07, 6.45) is 9.18. The van der Waals surface area contributed by atoms with Crippen molar-refractivity contribution in [2.45, 2.75) is 57.4 Å². The summed E-state index contributed by atoms with van der Waals surface area (Å²) in [5, 5.41) is 0. The maximum Gasteiger partial charge on any atom is 0.282 e. The van der Waals surface area contributed by atoms with E-state index in [1.54, 1.807) is 14.7 Å². The lowest BCUT2D eigenvalue weighted by atomic mass is 9.68. The van der Waals surface area contributed by atoms with Crippen LogP contribution >= 0.6 is 0 Å². The van der Waals surface area contributed by atoms with E-state index < -0.39 is 10.2 Å². The van der Waals surface area contributed by atoms with E-state index in [1.165, 1.54) is 44.2 Å². The van der Waals surface area contributed by atoms with Crippen LogP contribution in [0.2, 0.25) is 0 Å². The molecule has 4 nitrogen and oxygen atoms in total. The van der Waals surface area contributed by atoms with Crippen molar-refractivity contribution in [3.63, 3.8) is 0 Å². The zero-order valence-electron chi connectivity index (χ0n) is 14.7. The second kappa shape index (κ2) is 6.63. The Hall–Kier alpha value is -0.980. The summed E-state index contributed by atoms with van der Waals surface area (Å²) >= 11 is 0. The molecule has 2 aliphatic heterocycles. The van der Waals surface area contributed by atoms with Gasteiger partial charge in [-0.3, -0.25) is 0 Å². The second-order valence-electron chi connectivity index (χ2n) is 7.94. The second-order valence-corrected chi connectivity index (χ2v) is 9.82. The number of nitrogens with zero attached hydrogens (tertiary/aromatic N) is 2. The lowest BCUT2D eigenvalue weighted by molar-refractivity contribution is 0.0933. The standard InChI is InChI=1S/C19H27FN2O2S/c20-17-6-4-5-16(15-17)18-7-12-22(18)25(23,24)21-13-10-19(11-14-21)8-2-1-3-9-19/h4-6,15,18H,1-3,7-14H2. The lowest BCUT2D eigenvalue weighted by Gasteiger charge is -2.47. The Labute approximate surface area is 150 Å². The number of halogens is 1. The first-order valence-electron chi connectivity index (χ1n) is 9.53. The van der Waals surface area contributed by atoms with Crippen LogP contribution in [-0.4, -0.2) is 36.7 Å². The van der Waals surface area contributed by atoms with Crippen LogP contribution in [0.4, 0.5) is 4.39 Å². The summed E-state index contributed by atoms with van der Waals surface area (Å²) in [6.45, 7) is 1.80. The van der Waals surface area contributed by atoms with E-state index in [0.29, 0.717) is 25.0 Å². The van der Waals surface area contributed by atoms with Gasteiger partial charge >= 0.3 is 0 Å². The molecule has 1 aromatic rings. The molecule has 1 spiro atoms. The monoisotopic (exact) mass is 366 g/mol. The third-order valence-electron chi connectivity index (χ3n) is 6.52. The molecule has 1 unspecified atom stereocenters. The Bertz CT molecular complexity index is 721. The zero-order chi connectivity index (χ0) is 17.5. The Morgan fingerprint density at radius 3 is 2.32 bits per heavy atom. The number of hydrogen-bond donors (Lipinski definition) is 0. The van der Waals surface area contributed by atoms with Gasteiger partial charge in [0.25, 0.3) is 10.2 Å². The average molecular weight is 367 g/mol. The molecule has 3 aliphatic rings. The van der Waals surface area contributed by atoms with E-state index in [9.17, 15) is 12.8 Å². The molecule has 2 heterocycles. The molecule has 3 fully saturated rings. The van der Waals surface area contributed by atoms with Crippen molar-refractivity contribution < 1.29 is 12.8 Å². The normalized spacial score (nSPS) is 28.0. The van der Waals surface area contributed by atoms with E-state index in [4.69, 9.17) is 0 Å². The van der Waals surface area contributed by atoms with Crippen molar-refractivity contribution in [3.05, 3.63) is 35.6 Å². The molecular weight excluding hydrogens is 339 g/mol. The van der Waals surface area contributed by atoms with E-state index in [2.05, 4.69) is 0 Å². The summed E-state index contributed by atoms with van der Waals surface area (Å²) in [6, 6.07) is 6.12. The van der Waals surface area contributed by atoms with Crippen molar-refractivity contribution in [1.82, 2.24) is 8.61 Å². The largest absolute Gasteiger partial charge is 0.282 e. The maximum absolute atomic E-state index is 13.5. The number of rotatable bonds is 3. The predicted molar refractivity (Wildman–Crippen MR) is 95.7 cm³/mol. The quantitative estimate of drug-likeness (QED) is 0.815. The molecule has 138 valence electrons. The first-order chi connectivity index (χ1) is 12.0. The van der Waals surface area contributed by atoms with E-state index in [1.807, 2.05) is 6.07 Å². The summed E-state index contributed by atoms with van der Waals surface area (Å²) in [5.41, 5.74) is 1.15. The van der Waals surface area contributed by atoms with Gasteiger partial charge in [-0.2, -0.15) is 17.0 Å². The highest BCUT2D eigenvalue weighted by molar-refractivity contribution is 7.86. The molecule has 0 N–H and O–H groups in total. The van der Waals surface area contributed by atoms with Gasteiger partial charge in [-0.15, -0.1) is 0 Å². The minimum absolute atomic E-state index is 0.216. The van der Waals surface area contributed by atoms with Crippen LogP contribution in [0.3, 0.4) is 0 Å². The number of benzene rings is 1. The highest BCUT2D eigenvalue weighted by atomic mass is 32.2. The van der Waals surface area contributed by atoms with Crippen molar-refractivity contribution in [2.75, 3.05) is 19.6 Å². The highest BCUT2D eigenvalue weighted by Crippen LogP contribution is 2.46. The molecule has 0 bridgehead atoms. The van der Waals surface area contributed by atoms with Gasteiger partial charge in [0.15, 0.2) is 0 Å². The van der Waals surface area contributed by atoms with Crippen LogP contribution in [0.5, 0.6) is 0 Å². The van der Waals surface area contributed by atoms with Crippen LogP contribution in [0.25, 0.3) is 0 Å². The maximum atomic E-state index is 13.5. The summed E-state index contributed by atoms with van der Waals surface area (Å²) in [5.74, 6) is -0.307. The molecule has 0 radical (unpaired) electrons. The van der Waals surface area contributed by atoms with Crippen LogP contribution in [0, 0.1) is 11.2 Å². The molecule has 0 amide bonds. The minimum atomic E-state index is -3.45. The Morgan fingerprint density at radius 1 is 1.00 bits per heavy atom. The number of hydrogen-bond acceptors (Lipinski definition) is 2. The Kier molecular flexibility index (Phi) is 4.63. The van der Waals surface area contributed by atoms with Gasteiger partial charge in [-0.25, -0.2) is 4.39 Å². The number of piperidine rings is 1. The van der Waals surface area contributed by atoms with Crippen LogP contribution in [0.15, 0.2) is 24.3 Å². The third-order valence-corrected chi connectivity index (χ3v) is 8.57. The average Bonchev–Trinajstić information content (AvgIpc) is 2.54. The van der Waals surface area contributed by atoms with Crippen LogP contribution in [-0.2, 0) is 10.2 Å². The molecule has 1 atom stereocenters. The highest BCUT2D eigenvalue weighted by Gasteiger charge is 2.45. The lowest BCUT2D eigenvalue weighted by Crippen LogP contribution is -2.54. The van der Waals surface area contributed by atoms with E-state index >= 15 is 0 Å². The summed E-state index contributed by atoms with van der Waals surface area (Å²) in [4.78, 5) is 0. The van der Waals surface area contributed by atoms with Gasteiger partial charge in [0.1, 0.15) is 5.82 Å². The molecule has 1 saturated carbocycles. The van der Waals surface area contributed by atoms with E-state index in [0.717, 1.165) is 24.8 Å². The molecule has 6 heteroatoms. The molecule has 2 saturated heterocycles. The van der Waals surface area contributed by atoms with Gasteiger partial charge in [0.2, 0.25) is 0 Å². The van der Waals surface area contributed by atoms with Crippen molar-refractivity contribution in [3.8, 4) is 0 Å². The topological polar surface area (TPSA) is 40.6 Å². The van der Waals surface area contributed by atoms with Crippen LogP contribution < -0.4 is 0 Å². The van der Waals surface area contributed by atoms with Gasteiger partial charge < -0.3 is 0 Å². The molecule has 0 aromatic heterocycles. The molecule has 25 heavy (non-hydrogen) atoms. The zero-order valence-corrected chi connectivity index (χ0v) is 15.5. The van der Waals surface area contributed by atoms with Gasteiger partial charge in [-0.1, -0.05) is 31.4 Å². The smallest absolute Gasteiger partial charge is 0.207 e. The Morgan fingerprint density at radius 2 is 1.72 bits per heavy atom. The molecular formula is C19H27FN2O2S. The first kappa shape index (κ1) is 17.4.